The highest BCUT2D eigenvalue weighted by atomic mass is 16.5. The van der Waals surface area contributed by atoms with Crippen LogP contribution in [-0.2, 0) is 16.6 Å². The zero-order valence-electron chi connectivity index (χ0n) is 18.3. The topological polar surface area (TPSA) is 58.0 Å². The summed E-state index contributed by atoms with van der Waals surface area (Å²) in [4.78, 5) is 31.7. The van der Waals surface area contributed by atoms with Crippen molar-refractivity contribution in [1.82, 2.24) is 19.3 Å². The highest BCUT2D eigenvalue weighted by molar-refractivity contribution is 6.07. The molecule has 1 aromatic carbocycles. The fourth-order valence-electron chi connectivity index (χ4n) is 4.62. The van der Waals surface area contributed by atoms with Crippen molar-refractivity contribution in [3.63, 3.8) is 0 Å². The number of rotatable bonds is 4. The Morgan fingerprint density at radius 1 is 1.20 bits per heavy atom. The number of benzene rings is 1. The number of amides is 2. The summed E-state index contributed by atoms with van der Waals surface area (Å²) in [7, 11) is 6.01. The summed E-state index contributed by atoms with van der Waals surface area (Å²) in [5.41, 5.74) is 1.48. The first-order valence-corrected chi connectivity index (χ1v) is 10.8. The van der Waals surface area contributed by atoms with Crippen LogP contribution < -0.4 is 0 Å². The number of hydrogen-bond acceptors (Lipinski definition) is 4. The van der Waals surface area contributed by atoms with Crippen LogP contribution in [0.15, 0.2) is 30.5 Å². The van der Waals surface area contributed by atoms with Crippen LogP contribution in [0, 0.1) is 0 Å². The summed E-state index contributed by atoms with van der Waals surface area (Å²) < 4.78 is 8.24. The Kier molecular flexibility index (Phi) is 5.84. The van der Waals surface area contributed by atoms with Crippen LogP contribution in [0.3, 0.4) is 0 Å². The largest absolute Gasteiger partial charge is 0.372 e. The summed E-state index contributed by atoms with van der Waals surface area (Å²) in [6.45, 7) is 3.95. The van der Waals surface area contributed by atoms with Crippen LogP contribution in [0.4, 0.5) is 0 Å². The van der Waals surface area contributed by atoms with Crippen LogP contribution in [-0.4, -0.2) is 90.1 Å². The minimum atomic E-state index is -0.339. The Hall–Kier alpha value is -2.38. The van der Waals surface area contributed by atoms with E-state index in [1.807, 2.05) is 66.0 Å². The average molecular weight is 413 g/mol. The third-order valence-corrected chi connectivity index (χ3v) is 6.46. The van der Waals surface area contributed by atoms with Gasteiger partial charge in [-0.25, -0.2) is 0 Å². The normalized spacial score (nSPS) is 19.7. The maximum absolute atomic E-state index is 13.3. The molecule has 0 bridgehead atoms. The molecule has 2 aromatic rings. The van der Waals surface area contributed by atoms with Crippen LogP contribution in [0.2, 0.25) is 0 Å². The molecule has 162 valence electrons. The van der Waals surface area contributed by atoms with Gasteiger partial charge in [-0.2, -0.15) is 0 Å². The Morgan fingerprint density at radius 2 is 1.93 bits per heavy atom. The van der Waals surface area contributed by atoms with E-state index in [2.05, 4.69) is 4.90 Å². The Labute approximate surface area is 178 Å². The maximum Gasteiger partial charge on any atom is 0.256 e. The number of carbonyl (C=O) groups excluding carboxylic acids is 2. The number of ether oxygens (including phenoxy) is 1. The first-order valence-electron chi connectivity index (χ1n) is 10.8. The first kappa shape index (κ1) is 20.9. The number of carbonyl (C=O) groups is 2. The van der Waals surface area contributed by atoms with Crippen molar-refractivity contribution in [3.05, 3.63) is 36.0 Å². The van der Waals surface area contributed by atoms with Gasteiger partial charge in [0.05, 0.1) is 24.2 Å². The number of para-hydroxylation sites is 1. The lowest BCUT2D eigenvalue weighted by atomic mass is 9.90. The Balaban J connectivity index is 1.45. The van der Waals surface area contributed by atoms with Gasteiger partial charge in [0.2, 0.25) is 5.91 Å². The third-order valence-electron chi connectivity index (χ3n) is 6.46. The smallest absolute Gasteiger partial charge is 0.256 e. The fraction of sp³-hybridized carbons (Fsp3) is 0.565. The predicted molar refractivity (Wildman–Crippen MR) is 116 cm³/mol. The molecular formula is C23H32N4O3. The van der Waals surface area contributed by atoms with Gasteiger partial charge in [-0.1, -0.05) is 18.2 Å². The summed E-state index contributed by atoms with van der Waals surface area (Å²) in [5, 5.41) is 0.997. The lowest BCUT2D eigenvalue weighted by Crippen LogP contribution is -2.53. The summed E-state index contributed by atoms with van der Waals surface area (Å²) in [5.74, 6) is 0.249. The summed E-state index contributed by atoms with van der Waals surface area (Å²) in [6.07, 6.45) is 3.89. The molecule has 2 aliphatic rings. The predicted octanol–water partition coefficient (Wildman–Crippen LogP) is 1.96. The van der Waals surface area contributed by atoms with Gasteiger partial charge in [-0.3, -0.25) is 9.59 Å². The molecule has 0 radical (unpaired) electrons. The van der Waals surface area contributed by atoms with Gasteiger partial charge >= 0.3 is 0 Å². The number of hydrogen-bond donors (Lipinski definition) is 0. The molecule has 3 heterocycles. The van der Waals surface area contributed by atoms with Gasteiger partial charge in [0.25, 0.3) is 5.91 Å². The number of likely N-dealkylation sites (tertiary alicyclic amines) is 1. The average Bonchev–Trinajstić information content (AvgIpc) is 2.99. The van der Waals surface area contributed by atoms with Gasteiger partial charge in [0.1, 0.15) is 0 Å². The van der Waals surface area contributed by atoms with E-state index >= 15 is 0 Å². The molecule has 2 amide bonds. The van der Waals surface area contributed by atoms with Gasteiger partial charge in [-0.05, 0) is 33.0 Å². The first-order chi connectivity index (χ1) is 14.4. The van der Waals surface area contributed by atoms with E-state index in [1.165, 1.54) is 0 Å². The molecule has 0 unspecified atom stereocenters. The molecule has 7 nitrogen and oxygen atoms in total. The lowest BCUT2D eigenvalue weighted by molar-refractivity contribution is -0.131. The SMILES string of the molecule is CN(C)CCN1CC2(CCN(C(=O)c3cn(C)c4ccccc34)CC2)OCCC1=O. The van der Waals surface area contributed by atoms with Gasteiger partial charge in [0, 0.05) is 56.9 Å². The number of nitrogens with zero attached hydrogens (tertiary/aromatic N) is 4. The molecule has 1 spiro atoms. The molecule has 0 aliphatic carbocycles. The molecule has 7 heteroatoms. The van der Waals surface area contributed by atoms with Crippen molar-refractivity contribution >= 4 is 22.7 Å². The summed E-state index contributed by atoms with van der Waals surface area (Å²) in [6, 6.07) is 8.02. The van der Waals surface area contributed by atoms with Gasteiger partial charge in [-0.15, -0.1) is 0 Å². The van der Waals surface area contributed by atoms with Crippen molar-refractivity contribution < 1.29 is 14.3 Å². The molecule has 2 saturated heterocycles. The monoisotopic (exact) mass is 412 g/mol. The molecular weight excluding hydrogens is 380 g/mol. The summed E-state index contributed by atoms with van der Waals surface area (Å²) >= 11 is 0. The number of aryl methyl sites for hydroxylation is 1. The highest BCUT2D eigenvalue weighted by Crippen LogP contribution is 2.31. The number of likely N-dealkylation sites (N-methyl/N-ethyl adjacent to an activating group) is 1. The fourth-order valence-corrected chi connectivity index (χ4v) is 4.62. The quantitative estimate of drug-likeness (QED) is 0.770. The van der Waals surface area contributed by atoms with Crippen molar-refractivity contribution in [1.29, 1.82) is 0 Å². The van der Waals surface area contributed by atoms with E-state index in [4.69, 9.17) is 4.74 Å². The standard InChI is InChI=1S/C23H32N4O3/c1-24(2)13-14-27-17-23(30-15-8-21(27)28)9-11-26(12-10-23)22(29)19-16-25(3)20-7-5-4-6-18(19)20/h4-7,16H,8-15,17H2,1-3H3. The van der Waals surface area contributed by atoms with Crippen LogP contribution in [0.5, 0.6) is 0 Å². The molecule has 2 fully saturated rings. The molecule has 0 saturated carbocycles. The molecule has 1 aromatic heterocycles. The second kappa shape index (κ2) is 8.40. The van der Waals surface area contributed by atoms with E-state index < -0.39 is 0 Å². The minimum Gasteiger partial charge on any atom is -0.372 e. The number of piperidine rings is 1. The maximum atomic E-state index is 13.3. The van der Waals surface area contributed by atoms with E-state index in [0.29, 0.717) is 32.7 Å². The van der Waals surface area contributed by atoms with E-state index in [1.54, 1.807) is 0 Å². The minimum absolute atomic E-state index is 0.0795. The lowest BCUT2D eigenvalue weighted by Gasteiger charge is -2.42. The molecule has 0 atom stereocenters. The zero-order valence-corrected chi connectivity index (χ0v) is 18.3. The third kappa shape index (κ3) is 4.09. The molecule has 4 rings (SSSR count). The molecule has 30 heavy (non-hydrogen) atoms. The zero-order chi connectivity index (χ0) is 21.3. The van der Waals surface area contributed by atoms with Crippen LogP contribution in [0.1, 0.15) is 29.6 Å². The number of fused-ring (bicyclic) bond motifs is 1. The Morgan fingerprint density at radius 3 is 2.67 bits per heavy atom. The highest BCUT2D eigenvalue weighted by Gasteiger charge is 2.41. The van der Waals surface area contributed by atoms with Crippen molar-refractivity contribution in [2.24, 2.45) is 7.05 Å². The van der Waals surface area contributed by atoms with Crippen LogP contribution >= 0.6 is 0 Å². The number of aromatic nitrogens is 1. The van der Waals surface area contributed by atoms with Crippen molar-refractivity contribution in [2.45, 2.75) is 24.9 Å². The Bertz CT molecular complexity index is 928. The van der Waals surface area contributed by atoms with Crippen molar-refractivity contribution in [2.75, 3.05) is 53.4 Å². The van der Waals surface area contributed by atoms with Crippen LogP contribution in [0.25, 0.3) is 10.9 Å². The van der Waals surface area contributed by atoms with Gasteiger partial charge < -0.3 is 24.0 Å². The van der Waals surface area contributed by atoms with E-state index in [0.717, 1.165) is 42.4 Å². The van der Waals surface area contributed by atoms with Gasteiger partial charge in [0.15, 0.2) is 0 Å². The second-order valence-corrected chi connectivity index (χ2v) is 8.86. The molecule has 2 aliphatic heterocycles. The van der Waals surface area contributed by atoms with E-state index in [9.17, 15) is 9.59 Å². The van der Waals surface area contributed by atoms with E-state index in [-0.39, 0.29) is 17.4 Å². The molecule has 0 N–H and O–H groups in total. The van der Waals surface area contributed by atoms with Crippen molar-refractivity contribution in [3.8, 4) is 0 Å². The second-order valence-electron chi connectivity index (χ2n) is 8.86.